The smallest absolute Gasteiger partial charge is 0.194 e. The Morgan fingerprint density at radius 3 is 2.47 bits per heavy atom. The zero-order valence-corrected chi connectivity index (χ0v) is 11.6. The van der Waals surface area contributed by atoms with E-state index in [-0.39, 0.29) is 5.56 Å². The number of halogens is 4. The molecule has 1 N–H and O–H groups in total. The van der Waals surface area contributed by atoms with E-state index in [1.165, 1.54) is 17.4 Å². The molecule has 2 rings (SSSR count). The van der Waals surface area contributed by atoms with Crippen LogP contribution in [0.3, 0.4) is 0 Å². The second-order valence-electron chi connectivity index (χ2n) is 3.90. The Morgan fingerprint density at radius 2 is 1.89 bits per heavy atom. The second kappa shape index (κ2) is 5.94. The standard InChI is InChI=1S/C13H11ClF3NS/c1-2-18-13(9-5-6-10(14)19-9)7-3-4-8(15)12(17)11(7)16/h3-6,13,18H,2H2,1H3. The molecule has 0 saturated carbocycles. The molecule has 0 amide bonds. The molecule has 19 heavy (non-hydrogen) atoms. The van der Waals surface area contributed by atoms with E-state index in [0.717, 1.165) is 10.9 Å². The van der Waals surface area contributed by atoms with E-state index < -0.39 is 23.5 Å². The van der Waals surface area contributed by atoms with Crippen LogP contribution in [-0.4, -0.2) is 6.54 Å². The SMILES string of the molecule is CCNC(c1ccc(Cl)s1)c1ccc(F)c(F)c1F. The molecule has 1 aromatic heterocycles. The van der Waals surface area contributed by atoms with Crippen molar-refractivity contribution < 1.29 is 13.2 Å². The van der Waals surface area contributed by atoms with Crippen LogP contribution < -0.4 is 5.32 Å². The highest BCUT2D eigenvalue weighted by Crippen LogP contribution is 2.33. The summed E-state index contributed by atoms with van der Waals surface area (Å²) < 4.78 is 40.7. The number of nitrogens with one attached hydrogen (secondary N) is 1. The first-order valence-corrected chi connectivity index (χ1v) is 6.86. The molecule has 0 aliphatic heterocycles. The van der Waals surface area contributed by atoms with Crippen LogP contribution in [0.1, 0.15) is 23.4 Å². The van der Waals surface area contributed by atoms with E-state index >= 15 is 0 Å². The van der Waals surface area contributed by atoms with Crippen molar-refractivity contribution >= 4 is 22.9 Å². The Bertz CT molecular complexity index is 585. The Balaban J connectivity index is 2.48. The molecule has 1 aromatic carbocycles. The summed E-state index contributed by atoms with van der Waals surface area (Å²) in [6.07, 6.45) is 0. The van der Waals surface area contributed by atoms with E-state index in [1.54, 1.807) is 12.1 Å². The van der Waals surface area contributed by atoms with Crippen molar-refractivity contribution in [2.75, 3.05) is 6.54 Å². The first-order chi connectivity index (χ1) is 9.04. The van der Waals surface area contributed by atoms with Crippen LogP contribution in [0.5, 0.6) is 0 Å². The third kappa shape index (κ3) is 2.94. The Labute approximate surface area is 118 Å². The number of thiophene rings is 1. The maximum absolute atomic E-state index is 13.8. The molecule has 1 atom stereocenters. The lowest BCUT2D eigenvalue weighted by molar-refractivity contribution is 0.434. The first kappa shape index (κ1) is 14.4. The molecule has 1 nitrogen and oxygen atoms in total. The highest BCUT2D eigenvalue weighted by Gasteiger charge is 2.22. The van der Waals surface area contributed by atoms with E-state index in [4.69, 9.17) is 11.6 Å². The summed E-state index contributed by atoms with van der Waals surface area (Å²) in [5.74, 6) is -3.82. The minimum absolute atomic E-state index is 0.0688. The van der Waals surface area contributed by atoms with Crippen molar-refractivity contribution in [3.63, 3.8) is 0 Å². The quantitative estimate of drug-likeness (QED) is 0.819. The number of rotatable bonds is 4. The van der Waals surface area contributed by atoms with Crippen molar-refractivity contribution in [3.8, 4) is 0 Å². The molecule has 102 valence electrons. The van der Waals surface area contributed by atoms with Crippen LogP contribution in [0, 0.1) is 17.5 Å². The Hall–Kier alpha value is -1.04. The fraction of sp³-hybridized carbons (Fsp3) is 0.231. The number of benzene rings is 1. The Morgan fingerprint density at radius 1 is 1.16 bits per heavy atom. The van der Waals surface area contributed by atoms with Crippen molar-refractivity contribution in [1.82, 2.24) is 5.32 Å². The zero-order valence-electron chi connectivity index (χ0n) is 10.0. The first-order valence-electron chi connectivity index (χ1n) is 5.66. The summed E-state index contributed by atoms with van der Waals surface area (Å²) in [7, 11) is 0. The van der Waals surface area contributed by atoms with Crippen LogP contribution in [0.15, 0.2) is 24.3 Å². The monoisotopic (exact) mass is 305 g/mol. The van der Waals surface area contributed by atoms with Gasteiger partial charge in [-0.3, -0.25) is 0 Å². The van der Waals surface area contributed by atoms with Gasteiger partial charge in [0.25, 0.3) is 0 Å². The van der Waals surface area contributed by atoms with Crippen LogP contribution >= 0.6 is 22.9 Å². The largest absolute Gasteiger partial charge is 0.306 e. The van der Waals surface area contributed by atoms with Gasteiger partial charge in [-0.05, 0) is 24.7 Å². The average molecular weight is 306 g/mol. The summed E-state index contributed by atoms with van der Waals surface area (Å²) in [5, 5.41) is 3.04. The van der Waals surface area contributed by atoms with Gasteiger partial charge in [0.1, 0.15) is 0 Å². The molecule has 1 heterocycles. The van der Waals surface area contributed by atoms with E-state index in [0.29, 0.717) is 10.9 Å². The van der Waals surface area contributed by atoms with E-state index in [1.807, 2.05) is 6.92 Å². The summed E-state index contributed by atoms with van der Waals surface area (Å²) in [5.41, 5.74) is 0.0688. The molecule has 0 radical (unpaired) electrons. The van der Waals surface area contributed by atoms with Crippen molar-refractivity contribution in [2.24, 2.45) is 0 Å². The van der Waals surface area contributed by atoms with Gasteiger partial charge in [-0.15, -0.1) is 11.3 Å². The Kier molecular flexibility index (Phi) is 4.50. The van der Waals surface area contributed by atoms with Gasteiger partial charge in [0.15, 0.2) is 17.5 Å². The van der Waals surface area contributed by atoms with Crippen molar-refractivity contribution in [1.29, 1.82) is 0 Å². The maximum atomic E-state index is 13.8. The molecule has 0 fully saturated rings. The minimum atomic E-state index is -1.46. The van der Waals surface area contributed by atoms with E-state index in [2.05, 4.69) is 5.32 Å². The predicted molar refractivity (Wildman–Crippen MR) is 71.2 cm³/mol. The topological polar surface area (TPSA) is 12.0 Å². The summed E-state index contributed by atoms with van der Waals surface area (Å²) in [6, 6.07) is 5.05. The molecular weight excluding hydrogens is 295 g/mol. The lowest BCUT2D eigenvalue weighted by Crippen LogP contribution is -2.22. The van der Waals surface area contributed by atoms with Gasteiger partial charge < -0.3 is 5.32 Å². The van der Waals surface area contributed by atoms with Gasteiger partial charge in [0.05, 0.1) is 10.4 Å². The lowest BCUT2D eigenvalue weighted by atomic mass is 10.0. The van der Waals surface area contributed by atoms with Crippen molar-refractivity contribution in [2.45, 2.75) is 13.0 Å². The molecule has 0 bridgehead atoms. The maximum Gasteiger partial charge on any atom is 0.194 e. The van der Waals surface area contributed by atoms with Gasteiger partial charge in [0, 0.05) is 10.4 Å². The highest BCUT2D eigenvalue weighted by molar-refractivity contribution is 7.16. The van der Waals surface area contributed by atoms with Crippen molar-refractivity contribution in [3.05, 3.63) is 56.5 Å². The summed E-state index contributed by atoms with van der Waals surface area (Å²) in [6.45, 7) is 2.40. The molecule has 0 spiro atoms. The van der Waals surface area contributed by atoms with Gasteiger partial charge >= 0.3 is 0 Å². The van der Waals surface area contributed by atoms with Crippen LogP contribution in [0.25, 0.3) is 0 Å². The van der Waals surface area contributed by atoms with E-state index in [9.17, 15) is 13.2 Å². The fourth-order valence-corrected chi connectivity index (χ4v) is 2.97. The third-order valence-corrected chi connectivity index (χ3v) is 3.96. The molecule has 0 aliphatic rings. The van der Waals surface area contributed by atoms with Gasteiger partial charge in [-0.25, -0.2) is 13.2 Å². The molecule has 0 aliphatic carbocycles. The van der Waals surface area contributed by atoms with Crippen LogP contribution in [-0.2, 0) is 0 Å². The third-order valence-electron chi connectivity index (χ3n) is 2.66. The molecule has 0 saturated heterocycles. The normalized spacial score (nSPS) is 12.7. The molecular formula is C13H11ClF3NS. The van der Waals surface area contributed by atoms with Gasteiger partial charge in [-0.2, -0.15) is 0 Å². The lowest BCUT2D eigenvalue weighted by Gasteiger charge is -2.18. The molecule has 6 heteroatoms. The van der Waals surface area contributed by atoms with Gasteiger partial charge in [-0.1, -0.05) is 24.6 Å². The zero-order chi connectivity index (χ0) is 14.0. The average Bonchev–Trinajstić information content (AvgIpc) is 2.81. The summed E-state index contributed by atoms with van der Waals surface area (Å²) in [4.78, 5) is 0.747. The number of hydrogen-bond acceptors (Lipinski definition) is 2. The highest BCUT2D eigenvalue weighted by atomic mass is 35.5. The molecule has 2 aromatic rings. The van der Waals surface area contributed by atoms with Crippen LogP contribution in [0.2, 0.25) is 4.34 Å². The molecule has 1 unspecified atom stereocenters. The van der Waals surface area contributed by atoms with Gasteiger partial charge in [0.2, 0.25) is 0 Å². The summed E-state index contributed by atoms with van der Waals surface area (Å²) >= 11 is 7.12. The van der Waals surface area contributed by atoms with Crippen LogP contribution in [0.4, 0.5) is 13.2 Å². The fourth-order valence-electron chi connectivity index (χ4n) is 1.82. The number of hydrogen-bond donors (Lipinski definition) is 1. The second-order valence-corrected chi connectivity index (χ2v) is 5.64. The minimum Gasteiger partial charge on any atom is -0.306 e. The predicted octanol–water partition coefficient (Wildman–Crippen LogP) is 4.52.